The summed E-state index contributed by atoms with van der Waals surface area (Å²) in [6.07, 6.45) is 7.22. The molecule has 1 aliphatic heterocycles. The number of nitrogens with one attached hydrogen (secondary N) is 2. The first-order chi connectivity index (χ1) is 11.7. The fourth-order valence-corrected chi connectivity index (χ4v) is 3.87. The Morgan fingerprint density at radius 2 is 1.92 bits per heavy atom. The number of H-pyrrole nitrogens is 1. The number of halogens is 2. The predicted octanol–water partition coefficient (Wildman–Crippen LogP) is 2.80. The third kappa shape index (κ3) is 3.15. The van der Waals surface area contributed by atoms with Gasteiger partial charge in [0.2, 0.25) is 0 Å². The fourth-order valence-electron chi connectivity index (χ4n) is 3.87. The average Bonchev–Trinajstić information content (AvgIpc) is 3.06. The molecule has 0 radical (unpaired) electrons. The van der Waals surface area contributed by atoms with Gasteiger partial charge in [-0.15, -0.1) is 0 Å². The Labute approximate surface area is 140 Å². The maximum atomic E-state index is 13.4. The maximum absolute atomic E-state index is 13.4. The first kappa shape index (κ1) is 15.6. The van der Waals surface area contributed by atoms with E-state index in [2.05, 4.69) is 20.4 Å². The Bertz CT molecular complexity index is 707. The highest BCUT2D eigenvalue weighted by molar-refractivity contribution is 5.47. The molecule has 4 nitrogen and oxygen atoms in total. The molecule has 0 spiro atoms. The molecule has 1 atom stereocenters. The molecule has 0 amide bonds. The Balaban J connectivity index is 1.31. The van der Waals surface area contributed by atoms with Crippen molar-refractivity contribution in [3.63, 3.8) is 0 Å². The van der Waals surface area contributed by atoms with Gasteiger partial charge in [0.1, 0.15) is 0 Å². The van der Waals surface area contributed by atoms with E-state index in [0.29, 0.717) is 12.1 Å². The second-order valence-corrected chi connectivity index (χ2v) is 6.84. The number of hydrogen-bond donors (Lipinski definition) is 2. The van der Waals surface area contributed by atoms with Gasteiger partial charge in [-0.25, -0.2) is 8.78 Å². The smallest absolute Gasteiger partial charge is 0.160 e. The van der Waals surface area contributed by atoms with Crippen molar-refractivity contribution in [2.75, 3.05) is 18.0 Å². The topological polar surface area (TPSA) is 44.0 Å². The zero-order valence-corrected chi connectivity index (χ0v) is 13.6. The van der Waals surface area contributed by atoms with Gasteiger partial charge in [0.05, 0.1) is 6.20 Å². The lowest BCUT2D eigenvalue weighted by molar-refractivity contribution is 0.344. The second-order valence-electron chi connectivity index (χ2n) is 6.84. The van der Waals surface area contributed by atoms with Gasteiger partial charge in [-0.1, -0.05) is 0 Å². The van der Waals surface area contributed by atoms with Crippen LogP contribution in [0.15, 0.2) is 24.4 Å². The molecule has 2 heterocycles. The molecule has 1 saturated heterocycles. The number of anilines is 1. The summed E-state index contributed by atoms with van der Waals surface area (Å²) in [7, 11) is 0. The van der Waals surface area contributed by atoms with Crippen molar-refractivity contribution in [1.82, 2.24) is 15.5 Å². The maximum Gasteiger partial charge on any atom is 0.160 e. The van der Waals surface area contributed by atoms with Gasteiger partial charge in [-0.05, 0) is 43.4 Å². The van der Waals surface area contributed by atoms with Crippen molar-refractivity contribution in [3.8, 4) is 0 Å². The molecule has 4 rings (SSSR count). The number of benzene rings is 1. The molecule has 2 aliphatic rings. The van der Waals surface area contributed by atoms with Gasteiger partial charge in [0.15, 0.2) is 11.6 Å². The summed E-state index contributed by atoms with van der Waals surface area (Å²) < 4.78 is 26.5. The Morgan fingerprint density at radius 1 is 1.08 bits per heavy atom. The van der Waals surface area contributed by atoms with Crippen LogP contribution in [0.4, 0.5) is 14.5 Å². The largest absolute Gasteiger partial charge is 0.371 e. The molecule has 1 aromatic heterocycles. The molecule has 1 unspecified atom stereocenters. The van der Waals surface area contributed by atoms with Crippen LogP contribution in [0.25, 0.3) is 0 Å². The van der Waals surface area contributed by atoms with E-state index in [4.69, 9.17) is 0 Å². The number of nitrogens with zero attached hydrogens (tertiary/aromatic N) is 2. The van der Waals surface area contributed by atoms with E-state index in [1.807, 2.05) is 6.20 Å². The van der Waals surface area contributed by atoms with Crippen molar-refractivity contribution in [1.29, 1.82) is 0 Å². The zero-order chi connectivity index (χ0) is 16.5. The van der Waals surface area contributed by atoms with Gasteiger partial charge < -0.3 is 10.2 Å². The third-order valence-electron chi connectivity index (χ3n) is 5.25. The zero-order valence-electron chi connectivity index (χ0n) is 13.6. The molecule has 6 heteroatoms. The number of aryl methyl sites for hydroxylation is 1. The van der Waals surface area contributed by atoms with E-state index < -0.39 is 11.6 Å². The number of piperidine rings is 1. The van der Waals surface area contributed by atoms with Crippen molar-refractivity contribution < 1.29 is 8.78 Å². The summed E-state index contributed by atoms with van der Waals surface area (Å²) in [6.45, 7) is 1.73. The van der Waals surface area contributed by atoms with Crippen LogP contribution in [-0.2, 0) is 12.8 Å². The monoisotopic (exact) mass is 332 g/mol. The summed E-state index contributed by atoms with van der Waals surface area (Å²) in [5.74, 6) is -1.56. The van der Waals surface area contributed by atoms with Crippen LogP contribution < -0.4 is 10.2 Å². The average molecular weight is 332 g/mol. The van der Waals surface area contributed by atoms with E-state index in [1.165, 1.54) is 23.4 Å². The molecule has 2 aromatic rings. The molecular weight excluding hydrogens is 310 g/mol. The van der Waals surface area contributed by atoms with E-state index in [0.717, 1.165) is 50.9 Å². The molecule has 128 valence electrons. The summed E-state index contributed by atoms with van der Waals surface area (Å²) >= 11 is 0. The van der Waals surface area contributed by atoms with Crippen molar-refractivity contribution in [2.45, 2.75) is 44.2 Å². The minimum absolute atomic E-state index is 0.487. The molecule has 0 bridgehead atoms. The summed E-state index contributed by atoms with van der Waals surface area (Å²) in [6, 6.07) is 5.15. The van der Waals surface area contributed by atoms with Crippen LogP contribution in [0.5, 0.6) is 0 Å². The first-order valence-corrected chi connectivity index (χ1v) is 8.66. The lowest BCUT2D eigenvalue weighted by atomic mass is 9.92. The third-order valence-corrected chi connectivity index (χ3v) is 5.25. The molecule has 0 saturated carbocycles. The first-order valence-electron chi connectivity index (χ1n) is 8.66. The molecule has 1 aliphatic carbocycles. The number of fused-ring (bicyclic) bond motifs is 1. The minimum atomic E-state index is -0.786. The van der Waals surface area contributed by atoms with E-state index in [-0.39, 0.29) is 0 Å². The van der Waals surface area contributed by atoms with Crippen LogP contribution in [0, 0.1) is 11.6 Å². The van der Waals surface area contributed by atoms with Crippen LogP contribution in [0.2, 0.25) is 0 Å². The standard InChI is InChI=1S/C18H22F2N4/c19-16-4-3-15(10-17(16)20)24-7-5-13(6-8-24)22-14-2-1-12-11-21-23-18(12)9-14/h3-4,10-11,13-14,22H,1-2,5-9H2,(H,21,23). The Morgan fingerprint density at radius 3 is 2.71 bits per heavy atom. The normalized spacial score (nSPS) is 21.8. The second kappa shape index (κ2) is 6.51. The van der Waals surface area contributed by atoms with Gasteiger partial charge >= 0.3 is 0 Å². The Kier molecular flexibility index (Phi) is 4.22. The SMILES string of the molecule is Fc1ccc(N2CCC(NC3CCc4cn[nH]c4C3)CC2)cc1F. The molecule has 2 N–H and O–H groups in total. The predicted molar refractivity (Wildman–Crippen MR) is 89.1 cm³/mol. The van der Waals surface area contributed by atoms with E-state index in [9.17, 15) is 8.78 Å². The van der Waals surface area contributed by atoms with Gasteiger partial charge in [0.25, 0.3) is 0 Å². The van der Waals surface area contributed by atoms with Crippen LogP contribution in [0.1, 0.15) is 30.5 Å². The van der Waals surface area contributed by atoms with Gasteiger partial charge in [0, 0.05) is 49.0 Å². The van der Waals surface area contributed by atoms with Gasteiger partial charge in [-0.3, -0.25) is 5.10 Å². The van der Waals surface area contributed by atoms with Crippen molar-refractivity contribution >= 4 is 5.69 Å². The molecular formula is C18H22F2N4. The van der Waals surface area contributed by atoms with Gasteiger partial charge in [-0.2, -0.15) is 5.10 Å². The van der Waals surface area contributed by atoms with Crippen LogP contribution >= 0.6 is 0 Å². The Hall–Kier alpha value is -1.95. The number of aromatic amines is 1. The highest BCUT2D eigenvalue weighted by Gasteiger charge is 2.25. The lowest BCUT2D eigenvalue weighted by Gasteiger charge is -2.36. The number of rotatable bonds is 3. The van der Waals surface area contributed by atoms with E-state index >= 15 is 0 Å². The molecule has 24 heavy (non-hydrogen) atoms. The number of hydrogen-bond acceptors (Lipinski definition) is 3. The summed E-state index contributed by atoms with van der Waals surface area (Å²) in [5, 5.41) is 11.0. The lowest BCUT2D eigenvalue weighted by Crippen LogP contribution is -2.47. The highest BCUT2D eigenvalue weighted by atomic mass is 19.2. The molecule has 1 aromatic carbocycles. The van der Waals surface area contributed by atoms with E-state index in [1.54, 1.807) is 6.07 Å². The quantitative estimate of drug-likeness (QED) is 0.908. The molecule has 1 fully saturated rings. The number of aromatic nitrogens is 2. The summed E-state index contributed by atoms with van der Waals surface area (Å²) in [5.41, 5.74) is 3.38. The highest BCUT2D eigenvalue weighted by Crippen LogP contribution is 2.24. The minimum Gasteiger partial charge on any atom is -0.371 e. The summed E-state index contributed by atoms with van der Waals surface area (Å²) in [4.78, 5) is 2.13. The van der Waals surface area contributed by atoms with Crippen LogP contribution in [0.3, 0.4) is 0 Å². The fraction of sp³-hybridized carbons (Fsp3) is 0.500. The van der Waals surface area contributed by atoms with Crippen molar-refractivity contribution in [2.24, 2.45) is 0 Å². The van der Waals surface area contributed by atoms with Crippen LogP contribution in [-0.4, -0.2) is 35.4 Å². The van der Waals surface area contributed by atoms with Crippen molar-refractivity contribution in [3.05, 3.63) is 47.3 Å².